The van der Waals surface area contributed by atoms with Gasteiger partial charge in [-0.1, -0.05) is 6.92 Å². The average Bonchev–Trinajstić information content (AvgIpc) is 2.82. The van der Waals surface area contributed by atoms with E-state index in [1.165, 1.54) is 7.11 Å². The lowest BCUT2D eigenvalue weighted by atomic mass is 10.3. The number of amides is 2. The lowest BCUT2D eigenvalue weighted by Crippen LogP contribution is -2.43. The molecule has 0 radical (unpaired) electrons. The summed E-state index contributed by atoms with van der Waals surface area (Å²) in [4.78, 5) is 21.7. The number of urea groups is 1. The molecule has 1 saturated carbocycles. The fourth-order valence-electron chi connectivity index (χ4n) is 1.20. The molecule has 1 aliphatic carbocycles. The van der Waals surface area contributed by atoms with Crippen molar-refractivity contribution in [2.75, 3.05) is 13.7 Å². The molecule has 0 spiro atoms. The number of ether oxygens (including phenoxy) is 1. The number of carboxylic acid groups (broad SMARTS) is 1. The van der Waals surface area contributed by atoms with Crippen molar-refractivity contribution in [3.63, 3.8) is 0 Å². The Bertz CT molecular complexity index is 256. The maximum Gasteiger partial charge on any atom is 0.334 e. The molecule has 3 N–H and O–H groups in total. The molecule has 6 heteroatoms. The van der Waals surface area contributed by atoms with Crippen LogP contribution in [0.2, 0.25) is 0 Å². The first kappa shape index (κ1) is 11.8. The third-order valence-electron chi connectivity index (χ3n) is 2.43. The molecule has 0 aliphatic heterocycles. The van der Waals surface area contributed by atoms with E-state index >= 15 is 0 Å². The molecule has 1 aliphatic rings. The van der Waals surface area contributed by atoms with Crippen LogP contribution < -0.4 is 10.6 Å². The lowest BCUT2D eigenvalue weighted by Gasteiger charge is -2.12. The van der Waals surface area contributed by atoms with E-state index in [4.69, 9.17) is 5.11 Å². The van der Waals surface area contributed by atoms with Gasteiger partial charge >= 0.3 is 12.0 Å². The number of hydrogen-bond donors (Lipinski definition) is 3. The molecule has 3 atom stereocenters. The van der Waals surface area contributed by atoms with Crippen molar-refractivity contribution >= 4 is 12.0 Å². The second-order valence-corrected chi connectivity index (χ2v) is 3.74. The van der Waals surface area contributed by atoms with Crippen LogP contribution in [-0.2, 0) is 9.53 Å². The number of hydrogen-bond acceptors (Lipinski definition) is 3. The van der Waals surface area contributed by atoms with Gasteiger partial charge in [0.15, 0.2) is 6.10 Å². The van der Waals surface area contributed by atoms with Gasteiger partial charge in [0.1, 0.15) is 0 Å². The molecular weight excluding hydrogens is 200 g/mol. The summed E-state index contributed by atoms with van der Waals surface area (Å²) in [5, 5.41) is 13.8. The van der Waals surface area contributed by atoms with E-state index in [2.05, 4.69) is 15.4 Å². The van der Waals surface area contributed by atoms with Gasteiger partial charge in [0.25, 0.3) is 0 Å². The number of methoxy groups -OCH3 is 1. The van der Waals surface area contributed by atoms with Crippen LogP contribution in [0.5, 0.6) is 0 Å². The van der Waals surface area contributed by atoms with Crippen molar-refractivity contribution in [3.8, 4) is 0 Å². The Hall–Kier alpha value is -1.30. The van der Waals surface area contributed by atoms with Gasteiger partial charge in [0.2, 0.25) is 0 Å². The highest BCUT2D eigenvalue weighted by Gasteiger charge is 2.33. The average molecular weight is 216 g/mol. The molecule has 0 bridgehead atoms. The summed E-state index contributed by atoms with van der Waals surface area (Å²) in [5.41, 5.74) is 0. The monoisotopic (exact) mass is 216 g/mol. The minimum atomic E-state index is -1.09. The summed E-state index contributed by atoms with van der Waals surface area (Å²) in [6.07, 6.45) is -0.00700. The topological polar surface area (TPSA) is 87.7 Å². The molecule has 3 unspecified atom stereocenters. The Morgan fingerprint density at radius 2 is 2.20 bits per heavy atom. The smallest absolute Gasteiger partial charge is 0.334 e. The molecule has 0 aromatic heterocycles. The highest BCUT2D eigenvalue weighted by atomic mass is 16.5. The number of carboxylic acids is 1. The number of carbonyl (C=O) groups excluding carboxylic acids is 1. The van der Waals surface area contributed by atoms with Gasteiger partial charge in [0.05, 0.1) is 6.54 Å². The molecule has 0 aromatic carbocycles. The van der Waals surface area contributed by atoms with Gasteiger partial charge in [-0.15, -0.1) is 0 Å². The van der Waals surface area contributed by atoms with E-state index in [-0.39, 0.29) is 18.6 Å². The SMILES string of the molecule is COC(CNC(=O)NC1CC1C)C(=O)O. The first-order chi connectivity index (χ1) is 7.04. The summed E-state index contributed by atoms with van der Waals surface area (Å²) in [6, 6.07) is -0.108. The highest BCUT2D eigenvalue weighted by molar-refractivity contribution is 5.77. The summed E-state index contributed by atoms with van der Waals surface area (Å²) in [7, 11) is 1.29. The fourth-order valence-corrected chi connectivity index (χ4v) is 1.20. The number of nitrogens with one attached hydrogen (secondary N) is 2. The van der Waals surface area contributed by atoms with Crippen molar-refractivity contribution < 1.29 is 19.4 Å². The largest absolute Gasteiger partial charge is 0.479 e. The Labute approximate surface area is 88.0 Å². The van der Waals surface area contributed by atoms with Gasteiger partial charge in [-0.25, -0.2) is 9.59 Å². The standard InChI is InChI=1S/C9H16N2O4/c1-5-3-6(5)11-9(14)10-4-7(15-2)8(12)13/h5-7H,3-4H2,1-2H3,(H,12,13)(H2,10,11,14). The quantitative estimate of drug-likeness (QED) is 0.593. The van der Waals surface area contributed by atoms with Crippen LogP contribution in [0.15, 0.2) is 0 Å². The van der Waals surface area contributed by atoms with Crippen LogP contribution >= 0.6 is 0 Å². The second-order valence-electron chi connectivity index (χ2n) is 3.74. The van der Waals surface area contributed by atoms with E-state index in [0.717, 1.165) is 6.42 Å². The third-order valence-corrected chi connectivity index (χ3v) is 2.43. The predicted octanol–water partition coefficient (Wildman–Crippen LogP) is -0.206. The fraction of sp³-hybridized carbons (Fsp3) is 0.778. The zero-order valence-corrected chi connectivity index (χ0v) is 8.82. The van der Waals surface area contributed by atoms with Crippen LogP contribution in [0, 0.1) is 5.92 Å². The maximum atomic E-state index is 11.2. The molecule has 0 heterocycles. The highest BCUT2D eigenvalue weighted by Crippen LogP contribution is 2.28. The van der Waals surface area contributed by atoms with Gasteiger partial charge in [0, 0.05) is 13.2 Å². The van der Waals surface area contributed by atoms with Crippen LogP contribution in [0.3, 0.4) is 0 Å². The zero-order chi connectivity index (χ0) is 11.4. The number of rotatable bonds is 5. The van der Waals surface area contributed by atoms with Crippen molar-refractivity contribution in [2.24, 2.45) is 5.92 Å². The first-order valence-electron chi connectivity index (χ1n) is 4.84. The lowest BCUT2D eigenvalue weighted by molar-refractivity contribution is -0.147. The van der Waals surface area contributed by atoms with E-state index in [0.29, 0.717) is 5.92 Å². The first-order valence-corrected chi connectivity index (χ1v) is 4.84. The summed E-state index contributed by atoms with van der Waals surface area (Å²) in [6.45, 7) is 2.01. The molecular formula is C9H16N2O4. The van der Waals surface area contributed by atoms with E-state index in [9.17, 15) is 9.59 Å². The normalized spacial score (nSPS) is 25.5. The minimum absolute atomic E-state index is 0.0290. The van der Waals surface area contributed by atoms with Crippen molar-refractivity contribution in [1.82, 2.24) is 10.6 Å². The van der Waals surface area contributed by atoms with Crippen LogP contribution in [0.1, 0.15) is 13.3 Å². The Balaban J connectivity index is 2.17. The molecule has 86 valence electrons. The second kappa shape index (κ2) is 4.97. The van der Waals surface area contributed by atoms with Crippen molar-refractivity contribution in [3.05, 3.63) is 0 Å². The molecule has 1 rings (SSSR count). The predicted molar refractivity (Wildman–Crippen MR) is 52.5 cm³/mol. The van der Waals surface area contributed by atoms with Crippen molar-refractivity contribution in [2.45, 2.75) is 25.5 Å². The molecule has 15 heavy (non-hydrogen) atoms. The Morgan fingerprint density at radius 3 is 2.60 bits per heavy atom. The van der Waals surface area contributed by atoms with Gasteiger partial charge in [-0.2, -0.15) is 0 Å². The van der Waals surface area contributed by atoms with Gasteiger partial charge < -0.3 is 20.5 Å². The molecule has 2 amide bonds. The third kappa shape index (κ3) is 3.75. The molecule has 0 saturated heterocycles. The van der Waals surface area contributed by atoms with Crippen LogP contribution in [0.4, 0.5) is 4.79 Å². The van der Waals surface area contributed by atoms with Gasteiger partial charge in [-0.3, -0.25) is 0 Å². The minimum Gasteiger partial charge on any atom is -0.479 e. The van der Waals surface area contributed by atoms with E-state index in [1.54, 1.807) is 0 Å². The van der Waals surface area contributed by atoms with Crippen molar-refractivity contribution in [1.29, 1.82) is 0 Å². The molecule has 0 aromatic rings. The molecule has 6 nitrogen and oxygen atoms in total. The van der Waals surface area contributed by atoms with E-state index < -0.39 is 12.1 Å². The number of carbonyl (C=O) groups is 2. The van der Waals surface area contributed by atoms with Crippen LogP contribution in [-0.4, -0.2) is 42.9 Å². The Kier molecular flexibility index (Phi) is 3.90. The van der Waals surface area contributed by atoms with E-state index in [1.807, 2.05) is 6.92 Å². The summed E-state index contributed by atoms with van der Waals surface area (Å²) < 4.78 is 4.66. The molecule has 1 fully saturated rings. The Morgan fingerprint density at radius 1 is 1.60 bits per heavy atom. The summed E-state index contributed by atoms with van der Waals surface area (Å²) >= 11 is 0. The van der Waals surface area contributed by atoms with Crippen LogP contribution in [0.25, 0.3) is 0 Å². The summed E-state index contributed by atoms with van der Waals surface area (Å²) in [5.74, 6) is -0.564. The maximum absolute atomic E-state index is 11.2. The van der Waals surface area contributed by atoms with Gasteiger partial charge in [-0.05, 0) is 12.3 Å². The zero-order valence-electron chi connectivity index (χ0n) is 8.82. The number of aliphatic carboxylic acids is 1.